The second-order valence-corrected chi connectivity index (χ2v) is 6.02. The average molecular weight is 317 g/mol. The van der Waals surface area contributed by atoms with E-state index < -0.39 is 0 Å². The molecule has 0 radical (unpaired) electrons. The van der Waals surface area contributed by atoms with Gasteiger partial charge in [-0.05, 0) is 23.6 Å². The zero-order valence-electron chi connectivity index (χ0n) is 10.8. The number of hydrogen-bond donors (Lipinski definition) is 2. The average Bonchev–Trinajstić information content (AvgIpc) is 3.12. The van der Waals surface area contributed by atoms with Gasteiger partial charge in [0.15, 0.2) is 11.6 Å². The molecule has 3 rings (SSSR count). The molecule has 7 heteroatoms. The Morgan fingerprint density at radius 3 is 2.95 bits per heavy atom. The molecule has 106 valence electrons. The van der Waals surface area contributed by atoms with E-state index in [1.165, 1.54) is 23.6 Å². The van der Waals surface area contributed by atoms with Crippen LogP contribution in [0.5, 0.6) is 5.75 Å². The number of hydrogen-bond acceptors (Lipinski definition) is 6. The summed E-state index contributed by atoms with van der Waals surface area (Å²) in [7, 11) is 0. The highest BCUT2D eigenvalue weighted by Gasteiger charge is 2.11. The Morgan fingerprint density at radius 2 is 2.19 bits per heavy atom. The molecule has 0 aromatic carbocycles. The molecule has 3 aromatic heterocycles. The van der Waals surface area contributed by atoms with Crippen LogP contribution in [0.1, 0.15) is 5.69 Å². The lowest BCUT2D eigenvalue weighted by Gasteiger charge is -2.04. The van der Waals surface area contributed by atoms with Crippen LogP contribution in [-0.4, -0.2) is 21.0 Å². The molecule has 0 aliphatic carbocycles. The quantitative estimate of drug-likeness (QED) is 0.775. The van der Waals surface area contributed by atoms with Crippen LogP contribution in [0.4, 0.5) is 5.82 Å². The predicted molar refractivity (Wildman–Crippen MR) is 83.7 cm³/mol. The van der Waals surface area contributed by atoms with Crippen molar-refractivity contribution in [3.63, 3.8) is 0 Å². The van der Waals surface area contributed by atoms with Gasteiger partial charge in [-0.2, -0.15) is 0 Å². The SMILES string of the molecule is O=C(Cc1csc(-c2cccs2)n1)Nc1ncccc1O. The maximum absolute atomic E-state index is 11.9. The van der Waals surface area contributed by atoms with E-state index in [4.69, 9.17) is 0 Å². The van der Waals surface area contributed by atoms with E-state index in [0.29, 0.717) is 5.69 Å². The van der Waals surface area contributed by atoms with Crippen molar-refractivity contribution < 1.29 is 9.90 Å². The fraction of sp³-hybridized carbons (Fsp3) is 0.0714. The molecule has 0 atom stereocenters. The molecule has 0 bridgehead atoms. The molecule has 0 spiro atoms. The van der Waals surface area contributed by atoms with Gasteiger partial charge in [0.05, 0.1) is 17.0 Å². The molecule has 0 aliphatic heterocycles. The number of thiophene rings is 1. The number of nitrogens with zero attached hydrogens (tertiary/aromatic N) is 2. The van der Waals surface area contributed by atoms with Crippen LogP contribution in [0.3, 0.4) is 0 Å². The van der Waals surface area contributed by atoms with E-state index in [1.54, 1.807) is 17.4 Å². The number of thiazole rings is 1. The minimum Gasteiger partial charge on any atom is -0.504 e. The minimum absolute atomic E-state index is 0.0524. The van der Waals surface area contributed by atoms with Crippen LogP contribution in [0.25, 0.3) is 9.88 Å². The van der Waals surface area contributed by atoms with E-state index in [2.05, 4.69) is 15.3 Å². The van der Waals surface area contributed by atoms with Gasteiger partial charge in [-0.15, -0.1) is 22.7 Å². The third-order valence-corrected chi connectivity index (χ3v) is 4.60. The van der Waals surface area contributed by atoms with Gasteiger partial charge in [-0.3, -0.25) is 4.79 Å². The van der Waals surface area contributed by atoms with Crippen molar-refractivity contribution in [2.45, 2.75) is 6.42 Å². The first-order chi connectivity index (χ1) is 10.2. The summed E-state index contributed by atoms with van der Waals surface area (Å²) in [6.07, 6.45) is 1.66. The summed E-state index contributed by atoms with van der Waals surface area (Å²) in [6, 6.07) is 7.04. The number of aromatic nitrogens is 2. The Morgan fingerprint density at radius 1 is 1.29 bits per heavy atom. The molecule has 0 unspecified atom stereocenters. The van der Waals surface area contributed by atoms with Crippen molar-refractivity contribution in [2.75, 3.05) is 5.32 Å². The fourth-order valence-electron chi connectivity index (χ4n) is 1.74. The number of aromatic hydroxyl groups is 1. The van der Waals surface area contributed by atoms with E-state index in [1.807, 2.05) is 22.9 Å². The third-order valence-electron chi connectivity index (χ3n) is 2.67. The van der Waals surface area contributed by atoms with E-state index in [9.17, 15) is 9.90 Å². The third kappa shape index (κ3) is 3.26. The highest BCUT2D eigenvalue weighted by Crippen LogP contribution is 2.28. The molecule has 1 amide bonds. The first kappa shape index (κ1) is 13.7. The largest absolute Gasteiger partial charge is 0.504 e. The molecule has 0 aliphatic rings. The maximum atomic E-state index is 11.9. The molecule has 3 aromatic rings. The second-order valence-electron chi connectivity index (χ2n) is 4.22. The number of carbonyl (C=O) groups is 1. The lowest BCUT2D eigenvalue weighted by Crippen LogP contribution is -2.15. The lowest BCUT2D eigenvalue weighted by atomic mass is 10.3. The topological polar surface area (TPSA) is 75.1 Å². The van der Waals surface area contributed by atoms with Crippen LogP contribution < -0.4 is 5.32 Å². The Hall–Kier alpha value is -2.25. The number of nitrogens with one attached hydrogen (secondary N) is 1. The first-order valence-electron chi connectivity index (χ1n) is 6.14. The molecule has 0 saturated carbocycles. The number of pyridine rings is 1. The molecule has 0 saturated heterocycles. The van der Waals surface area contributed by atoms with Gasteiger partial charge in [0.2, 0.25) is 5.91 Å². The summed E-state index contributed by atoms with van der Waals surface area (Å²) < 4.78 is 0. The fourth-order valence-corrected chi connectivity index (χ4v) is 3.37. The van der Waals surface area contributed by atoms with E-state index in [-0.39, 0.29) is 23.9 Å². The Bertz CT molecular complexity index is 753. The van der Waals surface area contributed by atoms with Gasteiger partial charge in [-0.1, -0.05) is 6.07 Å². The summed E-state index contributed by atoms with van der Waals surface area (Å²) in [5.74, 6) is -0.147. The van der Waals surface area contributed by atoms with Gasteiger partial charge < -0.3 is 10.4 Å². The highest BCUT2D eigenvalue weighted by molar-refractivity contribution is 7.20. The van der Waals surface area contributed by atoms with Crippen LogP contribution in [0, 0.1) is 0 Å². The van der Waals surface area contributed by atoms with Gasteiger partial charge in [0.25, 0.3) is 0 Å². The summed E-state index contributed by atoms with van der Waals surface area (Å²) in [6.45, 7) is 0. The van der Waals surface area contributed by atoms with Crippen LogP contribution in [-0.2, 0) is 11.2 Å². The van der Waals surface area contributed by atoms with Crippen molar-refractivity contribution in [1.29, 1.82) is 0 Å². The normalized spacial score (nSPS) is 10.5. The van der Waals surface area contributed by atoms with Crippen LogP contribution in [0.2, 0.25) is 0 Å². The molecule has 3 heterocycles. The summed E-state index contributed by atoms with van der Waals surface area (Å²) >= 11 is 3.13. The Kier molecular flexibility index (Phi) is 3.94. The minimum atomic E-state index is -0.257. The highest BCUT2D eigenvalue weighted by atomic mass is 32.1. The summed E-state index contributed by atoms with van der Waals surface area (Å²) in [5, 5.41) is 16.9. The van der Waals surface area contributed by atoms with Crippen molar-refractivity contribution >= 4 is 34.4 Å². The maximum Gasteiger partial charge on any atom is 0.231 e. The van der Waals surface area contributed by atoms with Crippen molar-refractivity contribution in [3.8, 4) is 15.6 Å². The number of amides is 1. The Labute approximate surface area is 129 Å². The molecule has 21 heavy (non-hydrogen) atoms. The van der Waals surface area contributed by atoms with Gasteiger partial charge in [-0.25, -0.2) is 9.97 Å². The monoisotopic (exact) mass is 317 g/mol. The lowest BCUT2D eigenvalue weighted by molar-refractivity contribution is -0.115. The van der Waals surface area contributed by atoms with Gasteiger partial charge >= 0.3 is 0 Å². The summed E-state index contributed by atoms with van der Waals surface area (Å²) in [4.78, 5) is 21.4. The Balaban J connectivity index is 1.67. The van der Waals surface area contributed by atoms with Crippen LogP contribution in [0.15, 0.2) is 41.2 Å². The molecular formula is C14H11N3O2S2. The molecular weight excluding hydrogens is 306 g/mol. The zero-order chi connectivity index (χ0) is 14.7. The standard InChI is InChI=1S/C14H11N3O2S2/c18-10-3-1-5-15-13(10)17-12(19)7-9-8-21-14(16-9)11-4-2-6-20-11/h1-6,8,18H,7H2,(H,15,17,19). The van der Waals surface area contributed by atoms with Crippen LogP contribution >= 0.6 is 22.7 Å². The van der Waals surface area contributed by atoms with Crippen molar-refractivity contribution in [3.05, 3.63) is 46.9 Å². The molecule has 5 nitrogen and oxygen atoms in total. The van der Waals surface area contributed by atoms with Crippen molar-refractivity contribution in [1.82, 2.24) is 9.97 Å². The van der Waals surface area contributed by atoms with Crippen molar-refractivity contribution in [2.24, 2.45) is 0 Å². The molecule has 0 fully saturated rings. The second kappa shape index (κ2) is 6.02. The smallest absolute Gasteiger partial charge is 0.231 e. The number of carbonyl (C=O) groups excluding carboxylic acids is 1. The van der Waals surface area contributed by atoms with E-state index in [0.717, 1.165) is 9.88 Å². The van der Waals surface area contributed by atoms with Gasteiger partial charge in [0.1, 0.15) is 5.01 Å². The summed E-state index contributed by atoms with van der Waals surface area (Å²) in [5.41, 5.74) is 0.705. The predicted octanol–water partition coefficient (Wildman–Crippen LogP) is 3.15. The van der Waals surface area contributed by atoms with E-state index >= 15 is 0 Å². The first-order valence-corrected chi connectivity index (χ1v) is 7.90. The number of rotatable bonds is 4. The zero-order valence-corrected chi connectivity index (χ0v) is 12.4. The molecule has 2 N–H and O–H groups in total. The van der Waals surface area contributed by atoms with Gasteiger partial charge in [0, 0.05) is 11.6 Å². The number of anilines is 1.